The van der Waals surface area contributed by atoms with E-state index in [1.165, 1.54) is 19.6 Å². The molecular weight excluding hydrogens is 436 g/mol. The van der Waals surface area contributed by atoms with E-state index >= 15 is 0 Å². The SMILES string of the molecule is COc1ccc(Cl)cc1N(CC(=O)N(C)C1CCCCC1)S(=O)(=O)c1ccc(C)cc1. The van der Waals surface area contributed by atoms with Crippen LogP contribution in [-0.2, 0) is 14.8 Å². The summed E-state index contributed by atoms with van der Waals surface area (Å²) >= 11 is 6.18. The Morgan fingerprint density at radius 3 is 2.35 bits per heavy atom. The van der Waals surface area contributed by atoms with Crippen molar-refractivity contribution in [3.63, 3.8) is 0 Å². The van der Waals surface area contributed by atoms with Crippen molar-refractivity contribution >= 4 is 33.2 Å². The van der Waals surface area contributed by atoms with E-state index in [0.717, 1.165) is 35.6 Å². The van der Waals surface area contributed by atoms with Crippen molar-refractivity contribution in [1.29, 1.82) is 0 Å². The third-order valence-corrected chi connectivity index (χ3v) is 7.82. The van der Waals surface area contributed by atoms with Gasteiger partial charge < -0.3 is 9.64 Å². The molecule has 0 N–H and O–H groups in total. The standard InChI is InChI=1S/C23H29ClN2O4S/c1-17-9-12-20(13-10-17)31(28,29)26(21-15-18(24)11-14-22(21)30-3)16-23(27)25(2)19-7-5-4-6-8-19/h9-15,19H,4-8,16H2,1-3H3. The molecule has 2 aromatic rings. The molecule has 1 aliphatic carbocycles. The van der Waals surface area contributed by atoms with Crippen LogP contribution in [0.3, 0.4) is 0 Å². The minimum absolute atomic E-state index is 0.105. The number of aryl methyl sites for hydroxylation is 1. The van der Waals surface area contributed by atoms with Gasteiger partial charge in [0.05, 0.1) is 17.7 Å². The van der Waals surface area contributed by atoms with E-state index in [1.807, 2.05) is 6.92 Å². The van der Waals surface area contributed by atoms with Crippen molar-refractivity contribution < 1.29 is 17.9 Å². The molecule has 2 aromatic carbocycles. The van der Waals surface area contributed by atoms with Crippen molar-refractivity contribution in [3.8, 4) is 5.75 Å². The average Bonchev–Trinajstić information content (AvgIpc) is 2.77. The highest BCUT2D eigenvalue weighted by Crippen LogP contribution is 2.35. The molecule has 0 radical (unpaired) electrons. The minimum atomic E-state index is -4.03. The number of anilines is 1. The summed E-state index contributed by atoms with van der Waals surface area (Å²) in [5.41, 5.74) is 1.18. The van der Waals surface area contributed by atoms with E-state index in [1.54, 1.807) is 48.3 Å². The van der Waals surface area contributed by atoms with Crippen LogP contribution in [0.4, 0.5) is 5.69 Å². The van der Waals surface area contributed by atoms with Gasteiger partial charge in [-0.1, -0.05) is 48.6 Å². The summed E-state index contributed by atoms with van der Waals surface area (Å²) in [6.07, 6.45) is 5.21. The Labute approximate surface area is 189 Å². The molecule has 0 saturated heterocycles. The Bertz CT molecular complexity index is 1020. The van der Waals surface area contributed by atoms with Crippen LogP contribution in [0.5, 0.6) is 5.75 Å². The van der Waals surface area contributed by atoms with Crippen LogP contribution in [-0.4, -0.2) is 46.0 Å². The number of carbonyl (C=O) groups excluding carboxylic acids is 1. The van der Waals surface area contributed by atoms with E-state index in [4.69, 9.17) is 16.3 Å². The molecule has 0 spiro atoms. The number of rotatable bonds is 7. The second-order valence-corrected chi connectivity index (χ2v) is 10.2. The molecular formula is C23H29ClN2O4S. The number of ether oxygens (including phenoxy) is 1. The highest BCUT2D eigenvalue weighted by atomic mass is 35.5. The summed E-state index contributed by atoms with van der Waals surface area (Å²) in [4.78, 5) is 15.0. The number of methoxy groups -OCH3 is 1. The fraction of sp³-hybridized carbons (Fsp3) is 0.435. The quantitative estimate of drug-likeness (QED) is 0.598. The number of nitrogens with zero attached hydrogens (tertiary/aromatic N) is 2. The number of sulfonamides is 1. The normalized spacial score (nSPS) is 14.8. The maximum Gasteiger partial charge on any atom is 0.264 e. The van der Waals surface area contributed by atoms with E-state index < -0.39 is 10.0 Å². The number of amides is 1. The lowest BCUT2D eigenvalue weighted by Gasteiger charge is -2.33. The molecule has 0 aliphatic heterocycles. The molecule has 3 rings (SSSR count). The number of likely N-dealkylation sites (N-methyl/N-ethyl adjacent to an activating group) is 1. The summed E-state index contributed by atoms with van der Waals surface area (Å²) in [6.45, 7) is 1.55. The second kappa shape index (κ2) is 9.92. The van der Waals surface area contributed by atoms with Crippen LogP contribution >= 0.6 is 11.6 Å². The van der Waals surface area contributed by atoms with Crippen molar-refractivity contribution in [1.82, 2.24) is 4.90 Å². The van der Waals surface area contributed by atoms with Gasteiger partial charge in [-0.25, -0.2) is 8.42 Å². The number of halogens is 1. The van der Waals surface area contributed by atoms with Gasteiger partial charge >= 0.3 is 0 Å². The maximum absolute atomic E-state index is 13.6. The van der Waals surface area contributed by atoms with Crippen LogP contribution in [0.2, 0.25) is 5.02 Å². The first-order chi connectivity index (χ1) is 14.7. The van der Waals surface area contributed by atoms with Gasteiger partial charge in [0, 0.05) is 18.1 Å². The fourth-order valence-electron chi connectivity index (χ4n) is 3.90. The Balaban J connectivity index is 2.01. The van der Waals surface area contributed by atoms with E-state index in [2.05, 4.69) is 0 Å². The van der Waals surface area contributed by atoms with Gasteiger partial charge in [-0.05, 0) is 50.1 Å². The number of hydrogen-bond acceptors (Lipinski definition) is 4. The van der Waals surface area contributed by atoms with Gasteiger partial charge in [-0.15, -0.1) is 0 Å². The summed E-state index contributed by atoms with van der Waals surface area (Å²) in [5.74, 6) is 0.0674. The zero-order valence-corrected chi connectivity index (χ0v) is 19.7. The molecule has 0 heterocycles. The summed E-state index contributed by atoms with van der Waals surface area (Å²) < 4.78 is 33.7. The Hall–Kier alpha value is -2.25. The first-order valence-corrected chi connectivity index (χ1v) is 12.2. The Morgan fingerprint density at radius 2 is 1.74 bits per heavy atom. The topological polar surface area (TPSA) is 66.9 Å². The monoisotopic (exact) mass is 464 g/mol. The van der Waals surface area contributed by atoms with Crippen molar-refractivity contribution in [2.75, 3.05) is 25.0 Å². The summed E-state index contributed by atoms with van der Waals surface area (Å²) in [6, 6.07) is 11.4. The molecule has 8 heteroatoms. The van der Waals surface area contributed by atoms with Crippen molar-refractivity contribution in [2.45, 2.75) is 50.0 Å². The molecule has 1 saturated carbocycles. The molecule has 1 fully saturated rings. The predicted octanol–water partition coefficient (Wildman–Crippen LogP) is 4.64. The van der Waals surface area contributed by atoms with Crippen LogP contribution in [0.15, 0.2) is 47.4 Å². The second-order valence-electron chi connectivity index (χ2n) is 7.94. The average molecular weight is 465 g/mol. The van der Waals surface area contributed by atoms with Crippen LogP contribution in [0.1, 0.15) is 37.7 Å². The number of hydrogen-bond donors (Lipinski definition) is 0. The zero-order chi connectivity index (χ0) is 22.6. The van der Waals surface area contributed by atoms with Gasteiger partial charge in [-0.2, -0.15) is 0 Å². The van der Waals surface area contributed by atoms with Gasteiger partial charge in [0.25, 0.3) is 10.0 Å². The molecule has 0 atom stereocenters. The molecule has 6 nitrogen and oxygen atoms in total. The largest absolute Gasteiger partial charge is 0.495 e. The highest BCUT2D eigenvalue weighted by Gasteiger charge is 2.32. The lowest BCUT2D eigenvalue weighted by molar-refractivity contribution is -0.130. The molecule has 0 unspecified atom stereocenters. The molecule has 31 heavy (non-hydrogen) atoms. The highest BCUT2D eigenvalue weighted by molar-refractivity contribution is 7.92. The van der Waals surface area contributed by atoms with Gasteiger partial charge in [0.2, 0.25) is 5.91 Å². The minimum Gasteiger partial charge on any atom is -0.495 e. The van der Waals surface area contributed by atoms with E-state index in [9.17, 15) is 13.2 Å². The van der Waals surface area contributed by atoms with Gasteiger partial charge in [-0.3, -0.25) is 9.10 Å². The molecule has 0 bridgehead atoms. The number of benzene rings is 2. The molecule has 1 amide bonds. The van der Waals surface area contributed by atoms with Crippen LogP contribution < -0.4 is 9.04 Å². The Morgan fingerprint density at radius 1 is 1.10 bits per heavy atom. The Kier molecular flexibility index (Phi) is 7.49. The van der Waals surface area contributed by atoms with Crippen LogP contribution in [0.25, 0.3) is 0 Å². The third kappa shape index (κ3) is 5.33. The molecule has 1 aliphatic rings. The smallest absolute Gasteiger partial charge is 0.264 e. The first-order valence-electron chi connectivity index (χ1n) is 10.4. The van der Waals surface area contributed by atoms with E-state index in [-0.39, 0.29) is 29.1 Å². The summed E-state index contributed by atoms with van der Waals surface area (Å²) in [7, 11) is -0.820. The number of carbonyl (C=O) groups is 1. The zero-order valence-electron chi connectivity index (χ0n) is 18.2. The van der Waals surface area contributed by atoms with Crippen LogP contribution in [0, 0.1) is 6.92 Å². The molecule has 0 aromatic heterocycles. The van der Waals surface area contributed by atoms with Crippen molar-refractivity contribution in [2.24, 2.45) is 0 Å². The predicted molar refractivity (Wildman–Crippen MR) is 123 cm³/mol. The molecule has 168 valence electrons. The van der Waals surface area contributed by atoms with Gasteiger partial charge in [0.1, 0.15) is 12.3 Å². The first kappa shape index (κ1) is 23.4. The lowest BCUT2D eigenvalue weighted by atomic mass is 9.94. The summed E-state index contributed by atoms with van der Waals surface area (Å²) in [5, 5.41) is 0.355. The van der Waals surface area contributed by atoms with E-state index in [0.29, 0.717) is 10.8 Å². The van der Waals surface area contributed by atoms with Crippen molar-refractivity contribution in [3.05, 3.63) is 53.1 Å². The lowest BCUT2D eigenvalue weighted by Crippen LogP contribution is -2.46. The third-order valence-electron chi connectivity index (χ3n) is 5.81. The van der Waals surface area contributed by atoms with Gasteiger partial charge in [0.15, 0.2) is 0 Å². The fourth-order valence-corrected chi connectivity index (χ4v) is 5.48. The maximum atomic E-state index is 13.6.